The summed E-state index contributed by atoms with van der Waals surface area (Å²) in [7, 11) is 1.86. The standard InChI is InChI=1S/C11H13BrN4O/c1-7-11(12)9(16(2)15-7)3-10(17)8-4-13-6-14-5-8/h4-6,10,17H,3H2,1-2H3. The summed E-state index contributed by atoms with van der Waals surface area (Å²) in [5, 5.41) is 14.4. The van der Waals surface area contributed by atoms with E-state index in [4.69, 9.17) is 0 Å². The van der Waals surface area contributed by atoms with Gasteiger partial charge in [-0.15, -0.1) is 0 Å². The number of hydrogen-bond acceptors (Lipinski definition) is 4. The highest BCUT2D eigenvalue weighted by molar-refractivity contribution is 9.10. The molecule has 90 valence electrons. The van der Waals surface area contributed by atoms with Crippen LogP contribution in [0.3, 0.4) is 0 Å². The molecule has 6 heteroatoms. The number of hydrogen-bond donors (Lipinski definition) is 1. The molecule has 0 radical (unpaired) electrons. The third-order valence-electron chi connectivity index (χ3n) is 2.61. The summed E-state index contributed by atoms with van der Waals surface area (Å²) in [5.74, 6) is 0. The molecule has 2 rings (SSSR count). The molecule has 17 heavy (non-hydrogen) atoms. The van der Waals surface area contributed by atoms with Crippen molar-refractivity contribution < 1.29 is 5.11 Å². The van der Waals surface area contributed by atoms with Gasteiger partial charge in [-0.2, -0.15) is 5.10 Å². The highest BCUT2D eigenvalue weighted by Gasteiger charge is 2.16. The van der Waals surface area contributed by atoms with Crippen LogP contribution in [0.5, 0.6) is 0 Å². The topological polar surface area (TPSA) is 63.8 Å². The summed E-state index contributed by atoms with van der Waals surface area (Å²) in [6.45, 7) is 1.92. The molecule has 0 aliphatic heterocycles. The molecule has 2 aromatic heterocycles. The highest BCUT2D eigenvalue weighted by atomic mass is 79.9. The lowest BCUT2D eigenvalue weighted by atomic mass is 10.1. The second-order valence-electron chi connectivity index (χ2n) is 3.86. The molecule has 5 nitrogen and oxygen atoms in total. The molecule has 0 saturated carbocycles. The molecule has 2 aromatic rings. The first-order valence-corrected chi connectivity index (χ1v) is 6.00. The van der Waals surface area contributed by atoms with Gasteiger partial charge in [0, 0.05) is 31.4 Å². The Bertz CT molecular complexity index is 512. The van der Waals surface area contributed by atoms with Crippen LogP contribution in [0.1, 0.15) is 23.1 Å². The largest absolute Gasteiger partial charge is 0.388 e. The van der Waals surface area contributed by atoms with Crippen LogP contribution in [0.2, 0.25) is 0 Å². The normalized spacial score (nSPS) is 12.7. The van der Waals surface area contributed by atoms with E-state index in [1.165, 1.54) is 6.33 Å². The first-order chi connectivity index (χ1) is 8.09. The maximum absolute atomic E-state index is 10.1. The maximum atomic E-state index is 10.1. The van der Waals surface area contributed by atoms with E-state index in [-0.39, 0.29) is 0 Å². The van der Waals surface area contributed by atoms with Gasteiger partial charge in [0.05, 0.1) is 22.0 Å². The zero-order valence-electron chi connectivity index (χ0n) is 9.63. The fraction of sp³-hybridized carbons (Fsp3) is 0.364. The van der Waals surface area contributed by atoms with Crippen LogP contribution >= 0.6 is 15.9 Å². The summed E-state index contributed by atoms with van der Waals surface area (Å²) in [5.41, 5.74) is 2.58. The highest BCUT2D eigenvalue weighted by Crippen LogP contribution is 2.25. The number of aromatic nitrogens is 4. The van der Waals surface area contributed by atoms with Crippen LogP contribution < -0.4 is 0 Å². The average molecular weight is 297 g/mol. The van der Waals surface area contributed by atoms with Crippen molar-refractivity contribution in [1.29, 1.82) is 0 Å². The molecular formula is C11H13BrN4O. The van der Waals surface area contributed by atoms with Gasteiger partial charge in [-0.3, -0.25) is 4.68 Å². The van der Waals surface area contributed by atoms with Crippen LogP contribution in [0.15, 0.2) is 23.2 Å². The van der Waals surface area contributed by atoms with Gasteiger partial charge < -0.3 is 5.11 Å². The van der Waals surface area contributed by atoms with E-state index in [9.17, 15) is 5.11 Å². The Morgan fingerprint density at radius 2 is 2.06 bits per heavy atom. The lowest BCUT2D eigenvalue weighted by Crippen LogP contribution is -2.07. The second kappa shape index (κ2) is 4.93. The summed E-state index contributed by atoms with van der Waals surface area (Å²) < 4.78 is 2.71. The van der Waals surface area contributed by atoms with Gasteiger partial charge in [-0.25, -0.2) is 9.97 Å². The van der Waals surface area contributed by atoms with E-state index in [2.05, 4.69) is 31.0 Å². The quantitative estimate of drug-likeness (QED) is 0.933. The molecule has 0 bridgehead atoms. The van der Waals surface area contributed by atoms with Crippen LogP contribution in [0, 0.1) is 6.92 Å². The molecule has 0 fully saturated rings. The van der Waals surface area contributed by atoms with Crippen molar-refractivity contribution in [3.63, 3.8) is 0 Å². The van der Waals surface area contributed by atoms with E-state index in [0.717, 1.165) is 15.9 Å². The Hall–Kier alpha value is -1.27. The first kappa shape index (κ1) is 12.2. The van der Waals surface area contributed by atoms with E-state index < -0.39 is 6.10 Å². The molecular weight excluding hydrogens is 284 g/mol. The van der Waals surface area contributed by atoms with Crippen LogP contribution in [0.25, 0.3) is 0 Å². The van der Waals surface area contributed by atoms with E-state index in [1.54, 1.807) is 17.1 Å². The molecule has 0 aromatic carbocycles. The average Bonchev–Trinajstić information content (AvgIpc) is 2.57. The van der Waals surface area contributed by atoms with E-state index in [0.29, 0.717) is 12.0 Å². The summed E-state index contributed by atoms with van der Waals surface area (Å²) in [6.07, 6.45) is 4.54. The van der Waals surface area contributed by atoms with Crippen molar-refractivity contribution in [2.24, 2.45) is 7.05 Å². The van der Waals surface area contributed by atoms with Crippen LogP contribution in [-0.4, -0.2) is 24.9 Å². The minimum absolute atomic E-state index is 0.477. The Morgan fingerprint density at radius 3 is 2.59 bits per heavy atom. The lowest BCUT2D eigenvalue weighted by Gasteiger charge is -2.10. The van der Waals surface area contributed by atoms with E-state index in [1.807, 2.05) is 14.0 Å². The SMILES string of the molecule is Cc1nn(C)c(CC(O)c2cncnc2)c1Br. The van der Waals surface area contributed by atoms with Crippen molar-refractivity contribution in [2.45, 2.75) is 19.4 Å². The smallest absolute Gasteiger partial charge is 0.115 e. The summed E-state index contributed by atoms with van der Waals surface area (Å²) in [6, 6.07) is 0. The zero-order chi connectivity index (χ0) is 12.4. The maximum Gasteiger partial charge on any atom is 0.115 e. The van der Waals surface area contributed by atoms with Gasteiger partial charge in [0.15, 0.2) is 0 Å². The molecule has 1 atom stereocenters. The number of aliphatic hydroxyl groups excluding tert-OH is 1. The summed E-state index contributed by atoms with van der Waals surface area (Å²) in [4.78, 5) is 7.78. The fourth-order valence-corrected chi connectivity index (χ4v) is 2.18. The van der Waals surface area contributed by atoms with Crippen molar-refractivity contribution in [1.82, 2.24) is 19.7 Å². The second-order valence-corrected chi connectivity index (χ2v) is 4.65. The Labute approximate surface area is 108 Å². The molecule has 0 spiro atoms. The number of aryl methyl sites for hydroxylation is 2. The lowest BCUT2D eigenvalue weighted by molar-refractivity contribution is 0.174. The monoisotopic (exact) mass is 296 g/mol. The van der Waals surface area contributed by atoms with Gasteiger partial charge in [0.1, 0.15) is 6.33 Å². The van der Waals surface area contributed by atoms with E-state index >= 15 is 0 Å². The minimum atomic E-state index is -0.623. The van der Waals surface area contributed by atoms with Crippen molar-refractivity contribution >= 4 is 15.9 Å². The van der Waals surface area contributed by atoms with Gasteiger partial charge in [0.25, 0.3) is 0 Å². The Kier molecular flexibility index (Phi) is 3.54. The van der Waals surface area contributed by atoms with Crippen molar-refractivity contribution in [3.05, 3.63) is 40.1 Å². The zero-order valence-corrected chi connectivity index (χ0v) is 11.2. The molecule has 2 heterocycles. The number of nitrogens with zero attached hydrogens (tertiary/aromatic N) is 4. The van der Waals surface area contributed by atoms with Gasteiger partial charge >= 0.3 is 0 Å². The van der Waals surface area contributed by atoms with Crippen molar-refractivity contribution in [3.8, 4) is 0 Å². The number of halogens is 1. The van der Waals surface area contributed by atoms with Gasteiger partial charge in [0.2, 0.25) is 0 Å². The van der Waals surface area contributed by atoms with Gasteiger partial charge in [-0.1, -0.05) is 0 Å². The predicted molar refractivity (Wildman–Crippen MR) is 66.3 cm³/mol. The molecule has 0 aliphatic rings. The Balaban J connectivity index is 2.22. The molecule has 0 saturated heterocycles. The van der Waals surface area contributed by atoms with Crippen LogP contribution in [-0.2, 0) is 13.5 Å². The van der Waals surface area contributed by atoms with Gasteiger partial charge in [-0.05, 0) is 22.9 Å². The number of aliphatic hydroxyl groups is 1. The fourth-order valence-electron chi connectivity index (χ4n) is 1.69. The van der Waals surface area contributed by atoms with Crippen molar-refractivity contribution in [2.75, 3.05) is 0 Å². The summed E-state index contributed by atoms with van der Waals surface area (Å²) >= 11 is 3.48. The molecule has 1 N–H and O–H groups in total. The Morgan fingerprint density at radius 1 is 1.41 bits per heavy atom. The third kappa shape index (κ3) is 2.53. The molecule has 0 aliphatic carbocycles. The predicted octanol–water partition coefficient (Wildman–Crippen LogP) is 1.56. The number of rotatable bonds is 3. The molecule has 1 unspecified atom stereocenters. The minimum Gasteiger partial charge on any atom is -0.388 e. The molecule has 0 amide bonds. The third-order valence-corrected chi connectivity index (χ3v) is 3.65. The first-order valence-electron chi connectivity index (χ1n) is 5.20. The van der Waals surface area contributed by atoms with Crippen LogP contribution in [0.4, 0.5) is 0 Å².